The topological polar surface area (TPSA) is 87.7 Å². The molecule has 0 bridgehead atoms. The summed E-state index contributed by atoms with van der Waals surface area (Å²) in [6.07, 6.45) is 0. The molecule has 0 unspecified atom stereocenters. The number of fused-ring (bicyclic) bond motifs is 1. The van der Waals surface area contributed by atoms with Gasteiger partial charge in [0.15, 0.2) is 0 Å². The Morgan fingerprint density at radius 2 is 1.77 bits per heavy atom. The second-order valence-electron chi connectivity index (χ2n) is 6.35. The van der Waals surface area contributed by atoms with Crippen LogP contribution in [0, 0.1) is 11.3 Å². The molecule has 5 heteroatoms. The standard InChI is InChI=1S/C21H18N4O/c1-13(14-8-4-2-5-9-14)17-16(12-22)20(23)26-21-18(17)19(24-25-21)15-10-6-3-7-11-15/h2-11,13,17H,23H2,1H3,(H,24,25)/t13-,17+/m0/s1. The van der Waals surface area contributed by atoms with Crippen LogP contribution in [0.4, 0.5) is 0 Å². The number of nitrogens with one attached hydrogen (secondary N) is 1. The van der Waals surface area contributed by atoms with Crippen molar-refractivity contribution >= 4 is 0 Å². The summed E-state index contributed by atoms with van der Waals surface area (Å²) in [5.41, 5.74) is 10.3. The molecule has 1 aliphatic heterocycles. The third kappa shape index (κ3) is 2.52. The zero-order chi connectivity index (χ0) is 18.1. The third-order valence-electron chi connectivity index (χ3n) is 4.87. The summed E-state index contributed by atoms with van der Waals surface area (Å²) in [7, 11) is 0. The largest absolute Gasteiger partial charge is 0.420 e. The van der Waals surface area contributed by atoms with Gasteiger partial charge in [0.1, 0.15) is 6.07 Å². The van der Waals surface area contributed by atoms with Crippen molar-refractivity contribution in [3.8, 4) is 23.2 Å². The number of hydrogen-bond donors (Lipinski definition) is 2. The van der Waals surface area contributed by atoms with Crippen molar-refractivity contribution in [2.45, 2.75) is 18.8 Å². The summed E-state index contributed by atoms with van der Waals surface area (Å²) < 4.78 is 5.65. The maximum atomic E-state index is 9.75. The monoisotopic (exact) mass is 342 g/mol. The molecule has 128 valence electrons. The van der Waals surface area contributed by atoms with Crippen molar-refractivity contribution in [1.29, 1.82) is 5.26 Å². The number of nitrogens with zero attached hydrogens (tertiary/aromatic N) is 2. The van der Waals surface area contributed by atoms with Crippen LogP contribution >= 0.6 is 0 Å². The van der Waals surface area contributed by atoms with E-state index in [2.05, 4.69) is 35.3 Å². The van der Waals surface area contributed by atoms with Crippen molar-refractivity contribution in [2.24, 2.45) is 5.73 Å². The first-order valence-corrected chi connectivity index (χ1v) is 8.47. The zero-order valence-corrected chi connectivity index (χ0v) is 14.3. The Kier molecular flexibility index (Phi) is 3.94. The van der Waals surface area contributed by atoms with E-state index in [1.54, 1.807) is 0 Å². The number of ether oxygens (including phenoxy) is 1. The second kappa shape index (κ2) is 6.41. The van der Waals surface area contributed by atoms with E-state index in [0.717, 1.165) is 22.4 Å². The summed E-state index contributed by atoms with van der Waals surface area (Å²) in [6.45, 7) is 2.10. The van der Waals surface area contributed by atoms with E-state index >= 15 is 0 Å². The second-order valence-corrected chi connectivity index (χ2v) is 6.35. The number of allylic oxidation sites excluding steroid dienone is 1. The van der Waals surface area contributed by atoms with Crippen molar-refractivity contribution in [3.63, 3.8) is 0 Å². The third-order valence-corrected chi connectivity index (χ3v) is 4.87. The molecule has 1 aliphatic rings. The molecule has 0 saturated heterocycles. The maximum Gasteiger partial charge on any atom is 0.244 e. The minimum atomic E-state index is -0.236. The molecule has 5 nitrogen and oxygen atoms in total. The number of hydrogen-bond acceptors (Lipinski definition) is 4. The average Bonchev–Trinajstić information content (AvgIpc) is 3.11. The lowest BCUT2D eigenvalue weighted by atomic mass is 9.76. The minimum absolute atomic E-state index is 0.0344. The van der Waals surface area contributed by atoms with Gasteiger partial charge in [-0.3, -0.25) is 5.10 Å². The van der Waals surface area contributed by atoms with Crippen molar-refractivity contribution < 1.29 is 4.74 Å². The van der Waals surface area contributed by atoms with Crippen LogP contribution in [0.1, 0.15) is 29.9 Å². The number of benzene rings is 2. The first-order valence-electron chi connectivity index (χ1n) is 8.47. The smallest absolute Gasteiger partial charge is 0.244 e. The zero-order valence-electron chi connectivity index (χ0n) is 14.3. The molecule has 0 fully saturated rings. The molecule has 3 aromatic rings. The average molecular weight is 342 g/mol. The molecule has 2 atom stereocenters. The van der Waals surface area contributed by atoms with Gasteiger partial charge in [-0.15, -0.1) is 5.10 Å². The molecule has 1 aromatic heterocycles. The highest BCUT2D eigenvalue weighted by Gasteiger charge is 2.38. The normalized spacial score (nSPS) is 17.2. The van der Waals surface area contributed by atoms with Crippen LogP contribution in [0.15, 0.2) is 72.1 Å². The van der Waals surface area contributed by atoms with E-state index in [9.17, 15) is 5.26 Å². The van der Waals surface area contributed by atoms with Crippen molar-refractivity contribution in [2.75, 3.05) is 0 Å². The number of aromatic nitrogens is 2. The van der Waals surface area contributed by atoms with Crippen LogP contribution in [0.3, 0.4) is 0 Å². The van der Waals surface area contributed by atoms with E-state index in [0.29, 0.717) is 11.5 Å². The predicted octanol–water partition coefficient (Wildman–Crippen LogP) is 4.05. The molecule has 2 aromatic carbocycles. The highest BCUT2D eigenvalue weighted by molar-refractivity contribution is 5.69. The van der Waals surface area contributed by atoms with Crippen LogP contribution in [0.25, 0.3) is 11.3 Å². The van der Waals surface area contributed by atoms with Gasteiger partial charge in [0.2, 0.25) is 11.8 Å². The summed E-state index contributed by atoms with van der Waals surface area (Å²) >= 11 is 0. The molecule has 4 rings (SSSR count). The Bertz CT molecular complexity index is 999. The van der Waals surface area contributed by atoms with Crippen LogP contribution in [0.2, 0.25) is 0 Å². The van der Waals surface area contributed by atoms with Crippen LogP contribution in [0.5, 0.6) is 5.88 Å². The lowest BCUT2D eigenvalue weighted by molar-refractivity contribution is 0.368. The molecule has 0 aliphatic carbocycles. The quantitative estimate of drug-likeness (QED) is 0.751. The Balaban J connectivity index is 1.90. The van der Waals surface area contributed by atoms with Crippen LogP contribution in [-0.4, -0.2) is 10.2 Å². The summed E-state index contributed by atoms with van der Waals surface area (Å²) in [4.78, 5) is 0. The van der Waals surface area contributed by atoms with Gasteiger partial charge in [-0.05, 0) is 17.0 Å². The molecule has 0 radical (unpaired) electrons. The number of nitrogens with two attached hydrogens (primary N) is 1. The Hall–Kier alpha value is -3.52. The van der Waals surface area contributed by atoms with Gasteiger partial charge in [-0.1, -0.05) is 67.6 Å². The van der Waals surface area contributed by atoms with E-state index in [1.807, 2.05) is 48.5 Å². The number of aromatic amines is 1. The Labute approximate surface area is 151 Å². The molecule has 0 saturated carbocycles. The van der Waals surface area contributed by atoms with Crippen molar-refractivity contribution in [1.82, 2.24) is 10.2 Å². The molecular weight excluding hydrogens is 324 g/mol. The first kappa shape index (κ1) is 16.0. The van der Waals surface area contributed by atoms with Gasteiger partial charge in [0.25, 0.3) is 0 Å². The van der Waals surface area contributed by atoms with Crippen LogP contribution < -0.4 is 10.5 Å². The molecular formula is C21H18N4O. The molecule has 0 spiro atoms. The van der Waals surface area contributed by atoms with E-state index < -0.39 is 0 Å². The van der Waals surface area contributed by atoms with Gasteiger partial charge in [0, 0.05) is 5.92 Å². The SMILES string of the molecule is C[C@@H](c1ccccc1)[C@@H]1C(C#N)=C(N)Oc2n[nH]c(-c3ccccc3)c21. The Morgan fingerprint density at radius 3 is 2.42 bits per heavy atom. The first-order chi connectivity index (χ1) is 12.7. The Morgan fingerprint density at radius 1 is 1.12 bits per heavy atom. The van der Waals surface area contributed by atoms with Gasteiger partial charge in [0.05, 0.1) is 16.8 Å². The predicted molar refractivity (Wildman–Crippen MR) is 99.1 cm³/mol. The van der Waals surface area contributed by atoms with E-state index in [4.69, 9.17) is 10.5 Å². The van der Waals surface area contributed by atoms with E-state index in [1.165, 1.54) is 0 Å². The van der Waals surface area contributed by atoms with Gasteiger partial charge in [-0.25, -0.2) is 0 Å². The van der Waals surface area contributed by atoms with Crippen molar-refractivity contribution in [3.05, 3.63) is 83.2 Å². The summed E-state index contributed by atoms with van der Waals surface area (Å²) in [6, 6.07) is 22.3. The van der Waals surface area contributed by atoms with Gasteiger partial charge >= 0.3 is 0 Å². The fourth-order valence-electron chi connectivity index (χ4n) is 3.56. The number of H-pyrrole nitrogens is 1. The fraction of sp³-hybridized carbons (Fsp3) is 0.143. The lowest BCUT2D eigenvalue weighted by Crippen LogP contribution is -2.23. The fourth-order valence-corrected chi connectivity index (χ4v) is 3.56. The highest BCUT2D eigenvalue weighted by Crippen LogP contribution is 2.48. The van der Waals surface area contributed by atoms with Gasteiger partial charge in [-0.2, -0.15) is 5.26 Å². The molecule has 2 heterocycles. The summed E-state index contributed by atoms with van der Waals surface area (Å²) in [5.74, 6) is 0.360. The number of nitriles is 1. The minimum Gasteiger partial charge on any atom is -0.420 e. The highest BCUT2D eigenvalue weighted by atomic mass is 16.5. The summed E-state index contributed by atoms with van der Waals surface area (Å²) in [5, 5.41) is 17.1. The number of rotatable bonds is 3. The molecule has 26 heavy (non-hydrogen) atoms. The lowest BCUT2D eigenvalue weighted by Gasteiger charge is -2.28. The molecule has 0 amide bonds. The van der Waals surface area contributed by atoms with E-state index in [-0.39, 0.29) is 17.7 Å². The van der Waals surface area contributed by atoms with Crippen LogP contribution in [-0.2, 0) is 0 Å². The van der Waals surface area contributed by atoms with Gasteiger partial charge < -0.3 is 10.5 Å². The molecule has 3 N–H and O–H groups in total. The maximum absolute atomic E-state index is 9.75.